The highest BCUT2D eigenvalue weighted by molar-refractivity contribution is 6.99. The van der Waals surface area contributed by atoms with E-state index in [0.29, 0.717) is 0 Å². The molecule has 0 aliphatic carbocycles. The lowest BCUT2D eigenvalue weighted by atomic mass is 10.2. The topological polar surface area (TPSA) is 29.5 Å². The fraction of sp³-hybridized carbons (Fsp3) is 0.333. The number of aliphatic hydroxyl groups is 1. The molecule has 0 spiro atoms. The Hall–Kier alpha value is -1.68. The van der Waals surface area contributed by atoms with Crippen LogP contribution in [0.4, 0.5) is 0 Å². The number of rotatable bonds is 6. The molecule has 1 atom stereocenters. The minimum absolute atomic E-state index is 0.0557. The van der Waals surface area contributed by atoms with Gasteiger partial charge in [0.15, 0.2) is 0 Å². The van der Waals surface area contributed by atoms with Gasteiger partial charge >= 0.3 is 0 Å². The molecule has 2 nitrogen and oxygen atoms in total. The maximum absolute atomic E-state index is 9.86. The summed E-state index contributed by atoms with van der Waals surface area (Å²) in [6.45, 7) is 12.6. The van der Waals surface area contributed by atoms with E-state index in [-0.39, 0.29) is 17.7 Å². The lowest BCUT2D eigenvalue weighted by Crippen LogP contribution is -2.68. The van der Waals surface area contributed by atoms with E-state index in [2.05, 4.69) is 75.9 Å². The van der Waals surface area contributed by atoms with Crippen molar-refractivity contribution >= 4 is 18.7 Å². The Bertz CT molecular complexity index is 620. The minimum atomic E-state index is -2.62. The normalized spacial score (nSPS) is 13.5. The molecular formula is C21H28O2Si. The van der Waals surface area contributed by atoms with Gasteiger partial charge in [0.05, 0.1) is 12.7 Å². The van der Waals surface area contributed by atoms with Crippen LogP contribution in [0.3, 0.4) is 0 Å². The van der Waals surface area contributed by atoms with Gasteiger partial charge in [0.25, 0.3) is 8.32 Å². The molecule has 0 aliphatic rings. The molecular weight excluding hydrogens is 312 g/mol. The Morgan fingerprint density at radius 2 is 1.42 bits per heavy atom. The van der Waals surface area contributed by atoms with E-state index >= 15 is 0 Å². The standard InChI is InChI=1S/C21H28O2Si/c1-17(2)20(16-22)23-24(21(3,4)5,18-12-8-6-9-13-18)19-14-10-7-11-15-19/h6-15,20,22H,1,16H2,2-5H3. The fourth-order valence-corrected chi connectivity index (χ4v) is 7.92. The van der Waals surface area contributed by atoms with Gasteiger partial charge in [-0.3, -0.25) is 0 Å². The average molecular weight is 341 g/mol. The van der Waals surface area contributed by atoms with Crippen molar-refractivity contribution in [3.63, 3.8) is 0 Å². The second-order valence-electron chi connectivity index (χ2n) is 7.30. The van der Waals surface area contributed by atoms with Crippen molar-refractivity contribution in [2.75, 3.05) is 6.61 Å². The van der Waals surface area contributed by atoms with E-state index in [4.69, 9.17) is 4.43 Å². The number of hydrogen-bond acceptors (Lipinski definition) is 2. The third-order valence-corrected chi connectivity index (χ3v) is 9.49. The minimum Gasteiger partial charge on any atom is -0.398 e. The van der Waals surface area contributed by atoms with Crippen LogP contribution in [0.1, 0.15) is 27.7 Å². The Morgan fingerprint density at radius 3 is 1.71 bits per heavy atom. The van der Waals surface area contributed by atoms with E-state index in [9.17, 15) is 5.11 Å². The lowest BCUT2D eigenvalue weighted by molar-refractivity contribution is 0.133. The van der Waals surface area contributed by atoms with Gasteiger partial charge in [-0.15, -0.1) is 0 Å². The van der Waals surface area contributed by atoms with Crippen molar-refractivity contribution in [2.24, 2.45) is 0 Å². The van der Waals surface area contributed by atoms with Crippen LogP contribution < -0.4 is 10.4 Å². The summed E-state index contributed by atoms with van der Waals surface area (Å²) in [6.07, 6.45) is -0.365. The van der Waals surface area contributed by atoms with Crippen LogP contribution in [-0.2, 0) is 4.43 Å². The maximum atomic E-state index is 9.86. The van der Waals surface area contributed by atoms with Crippen molar-refractivity contribution in [3.05, 3.63) is 72.8 Å². The SMILES string of the molecule is C=C(C)C(CO)O[Si](c1ccccc1)(c1ccccc1)C(C)(C)C. The van der Waals surface area contributed by atoms with Gasteiger partial charge in [-0.25, -0.2) is 0 Å². The first-order valence-corrected chi connectivity index (χ1v) is 10.3. The molecule has 0 aromatic heterocycles. The zero-order chi connectivity index (χ0) is 17.8. The molecule has 24 heavy (non-hydrogen) atoms. The van der Waals surface area contributed by atoms with Gasteiger partial charge in [0, 0.05) is 0 Å². The van der Waals surface area contributed by atoms with Gasteiger partial charge in [-0.1, -0.05) is 93.6 Å². The largest absolute Gasteiger partial charge is 0.398 e. The summed E-state index contributed by atoms with van der Waals surface area (Å²) in [7, 11) is -2.62. The van der Waals surface area contributed by atoms with Crippen molar-refractivity contribution in [1.29, 1.82) is 0 Å². The van der Waals surface area contributed by atoms with Crippen LogP contribution in [0.25, 0.3) is 0 Å². The Labute approximate surface area is 146 Å². The first-order chi connectivity index (χ1) is 11.3. The molecule has 0 saturated carbocycles. The highest BCUT2D eigenvalue weighted by Crippen LogP contribution is 2.38. The second kappa shape index (κ2) is 7.47. The quantitative estimate of drug-likeness (QED) is 0.644. The molecule has 0 aliphatic heterocycles. The van der Waals surface area contributed by atoms with E-state index in [1.807, 2.05) is 19.1 Å². The van der Waals surface area contributed by atoms with E-state index < -0.39 is 8.32 Å². The van der Waals surface area contributed by atoms with Gasteiger partial charge in [0.1, 0.15) is 0 Å². The molecule has 2 rings (SSSR count). The predicted octanol–water partition coefficient (Wildman–Crippen LogP) is 3.50. The Balaban J connectivity index is 2.73. The molecule has 0 amide bonds. The monoisotopic (exact) mass is 340 g/mol. The number of hydrogen-bond donors (Lipinski definition) is 1. The van der Waals surface area contributed by atoms with Crippen LogP contribution in [0.15, 0.2) is 72.8 Å². The third kappa shape index (κ3) is 3.53. The summed E-state index contributed by atoms with van der Waals surface area (Å²) in [4.78, 5) is 0. The van der Waals surface area contributed by atoms with E-state index in [1.54, 1.807) is 0 Å². The number of benzene rings is 2. The smallest absolute Gasteiger partial charge is 0.261 e. The summed E-state index contributed by atoms with van der Waals surface area (Å²) in [5.41, 5.74) is 0.852. The average Bonchev–Trinajstić information content (AvgIpc) is 2.56. The van der Waals surface area contributed by atoms with Gasteiger partial charge in [-0.05, 0) is 22.3 Å². The van der Waals surface area contributed by atoms with Gasteiger partial charge < -0.3 is 9.53 Å². The third-order valence-electron chi connectivity index (χ3n) is 4.45. The molecule has 0 radical (unpaired) electrons. The van der Waals surface area contributed by atoms with Crippen molar-refractivity contribution in [2.45, 2.75) is 38.8 Å². The van der Waals surface area contributed by atoms with Crippen LogP contribution in [0.2, 0.25) is 5.04 Å². The molecule has 2 aromatic rings. The summed E-state index contributed by atoms with van der Waals surface area (Å²) >= 11 is 0. The highest BCUT2D eigenvalue weighted by Gasteiger charge is 2.51. The van der Waals surface area contributed by atoms with E-state index in [1.165, 1.54) is 10.4 Å². The van der Waals surface area contributed by atoms with Crippen molar-refractivity contribution in [3.8, 4) is 0 Å². The Kier molecular flexibility index (Phi) is 5.81. The molecule has 0 bridgehead atoms. The molecule has 0 fully saturated rings. The van der Waals surface area contributed by atoms with Crippen molar-refractivity contribution < 1.29 is 9.53 Å². The fourth-order valence-electron chi connectivity index (χ4n) is 3.20. The Morgan fingerprint density at radius 1 is 1.00 bits per heavy atom. The zero-order valence-corrected chi connectivity index (χ0v) is 16.1. The molecule has 1 N–H and O–H groups in total. The van der Waals surface area contributed by atoms with Crippen LogP contribution >= 0.6 is 0 Å². The van der Waals surface area contributed by atoms with Gasteiger partial charge in [0.2, 0.25) is 0 Å². The molecule has 2 aromatic carbocycles. The first kappa shape index (κ1) is 18.7. The predicted molar refractivity (Wildman–Crippen MR) is 104 cm³/mol. The molecule has 1 unspecified atom stereocenters. The lowest BCUT2D eigenvalue weighted by Gasteiger charge is -2.45. The molecule has 0 heterocycles. The van der Waals surface area contributed by atoms with E-state index in [0.717, 1.165) is 5.57 Å². The van der Waals surface area contributed by atoms with Crippen molar-refractivity contribution in [1.82, 2.24) is 0 Å². The first-order valence-electron chi connectivity index (χ1n) is 8.38. The summed E-state index contributed by atoms with van der Waals surface area (Å²) in [5, 5.41) is 12.2. The second-order valence-corrected chi connectivity index (χ2v) is 11.6. The summed E-state index contributed by atoms with van der Waals surface area (Å²) < 4.78 is 6.77. The summed E-state index contributed by atoms with van der Waals surface area (Å²) in [5.74, 6) is 0. The highest BCUT2D eigenvalue weighted by atomic mass is 28.4. The van der Waals surface area contributed by atoms with Crippen LogP contribution in [0, 0.1) is 0 Å². The molecule has 0 saturated heterocycles. The molecule has 128 valence electrons. The zero-order valence-electron chi connectivity index (χ0n) is 15.1. The van der Waals surface area contributed by atoms with Crippen LogP contribution in [0.5, 0.6) is 0 Å². The molecule has 3 heteroatoms. The maximum Gasteiger partial charge on any atom is 0.261 e. The van der Waals surface area contributed by atoms with Crippen LogP contribution in [-0.4, -0.2) is 26.1 Å². The number of aliphatic hydroxyl groups excluding tert-OH is 1. The van der Waals surface area contributed by atoms with Gasteiger partial charge in [-0.2, -0.15) is 0 Å². The summed E-state index contributed by atoms with van der Waals surface area (Å²) in [6, 6.07) is 20.9.